The zero-order chi connectivity index (χ0) is 22.1. The van der Waals surface area contributed by atoms with E-state index < -0.39 is 57.6 Å². The first kappa shape index (κ1) is 22.7. The molecule has 0 bridgehead atoms. The van der Waals surface area contributed by atoms with Crippen LogP contribution in [0.3, 0.4) is 0 Å². The third kappa shape index (κ3) is 4.99. The minimum absolute atomic E-state index is 0.441. The SMILES string of the molecule is CC1=CCC(C)=[C]1[Zr]([O]c1ccccc1C(F)(F)F)[O]c1ccccc1C(F)(F)F. The first-order valence-electron chi connectivity index (χ1n) is 8.91. The van der Waals surface area contributed by atoms with E-state index in [0.29, 0.717) is 9.70 Å². The van der Waals surface area contributed by atoms with Crippen molar-refractivity contribution >= 4 is 0 Å². The molecular formula is C21H17F6O2Zr. The average Bonchev–Trinajstić information content (AvgIpc) is 2.99. The topological polar surface area (TPSA) is 18.5 Å². The predicted molar refractivity (Wildman–Crippen MR) is 95.2 cm³/mol. The summed E-state index contributed by atoms with van der Waals surface area (Å²) in [4.78, 5) is 0. The van der Waals surface area contributed by atoms with Crippen LogP contribution in [0.4, 0.5) is 26.3 Å². The summed E-state index contributed by atoms with van der Waals surface area (Å²) >= 11 is -3.97. The molecule has 0 heterocycles. The summed E-state index contributed by atoms with van der Waals surface area (Å²) in [5.41, 5.74) is -0.394. The molecule has 0 amide bonds. The van der Waals surface area contributed by atoms with Gasteiger partial charge in [0.25, 0.3) is 0 Å². The monoisotopic (exact) mass is 505 g/mol. The van der Waals surface area contributed by atoms with E-state index in [4.69, 9.17) is 5.63 Å². The fraction of sp³-hybridized carbons (Fsp3) is 0.238. The fourth-order valence-electron chi connectivity index (χ4n) is 3.08. The van der Waals surface area contributed by atoms with E-state index >= 15 is 0 Å². The van der Waals surface area contributed by atoms with Crippen LogP contribution in [0.2, 0.25) is 0 Å². The Morgan fingerprint density at radius 2 is 1.17 bits per heavy atom. The minimum atomic E-state index is -4.67. The molecule has 0 saturated carbocycles. The molecule has 1 aliphatic rings. The molecule has 2 nitrogen and oxygen atoms in total. The van der Waals surface area contributed by atoms with Crippen LogP contribution in [-0.2, 0) is 35.0 Å². The third-order valence-corrected chi connectivity index (χ3v) is 9.54. The Kier molecular flexibility index (Phi) is 6.51. The van der Waals surface area contributed by atoms with E-state index in [1.807, 2.05) is 6.08 Å². The molecule has 0 unspecified atom stereocenters. The van der Waals surface area contributed by atoms with Crippen molar-refractivity contribution in [3.05, 3.63) is 80.2 Å². The van der Waals surface area contributed by atoms with E-state index in [1.165, 1.54) is 24.3 Å². The van der Waals surface area contributed by atoms with Crippen LogP contribution in [0.15, 0.2) is 69.0 Å². The van der Waals surface area contributed by atoms with Crippen LogP contribution in [0, 0.1) is 0 Å². The van der Waals surface area contributed by atoms with Gasteiger partial charge in [0.2, 0.25) is 0 Å². The molecule has 0 saturated heterocycles. The van der Waals surface area contributed by atoms with Gasteiger partial charge in [0.1, 0.15) is 0 Å². The summed E-state index contributed by atoms with van der Waals surface area (Å²) in [6.07, 6.45) is -6.92. The van der Waals surface area contributed by atoms with Crippen molar-refractivity contribution in [2.45, 2.75) is 32.6 Å². The second-order valence-corrected chi connectivity index (χ2v) is 10.4. The van der Waals surface area contributed by atoms with Crippen molar-refractivity contribution in [1.82, 2.24) is 0 Å². The van der Waals surface area contributed by atoms with Gasteiger partial charge >= 0.3 is 179 Å². The molecule has 159 valence electrons. The molecule has 0 aromatic heterocycles. The summed E-state index contributed by atoms with van der Waals surface area (Å²) in [6.45, 7) is 3.53. The van der Waals surface area contributed by atoms with Crippen molar-refractivity contribution in [2.24, 2.45) is 0 Å². The predicted octanol–water partition coefficient (Wildman–Crippen LogP) is 7.25. The van der Waals surface area contributed by atoms with E-state index in [-0.39, 0.29) is 0 Å². The van der Waals surface area contributed by atoms with Gasteiger partial charge in [-0.3, -0.25) is 0 Å². The zero-order valence-electron chi connectivity index (χ0n) is 16.0. The Hall–Kier alpha value is -2.02. The summed E-state index contributed by atoms with van der Waals surface area (Å²) in [5, 5.41) is 0. The number of alkyl halides is 6. The number of allylic oxidation sites excluding steroid dienone is 4. The first-order chi connectivity index (χ1) is 14.0. The van der Waals surface area contributed by atoms with E-state index in [9.17, 15) is 26.3 Å². The summed E-state index contributed by atoms with van der Waals surface area (Å²) in [6, 6.07) is 9.28. The second-order valence-electron chi connectivity index (χ2n) is 6.73. The van der Waals surface area contributed by atoms with E-state index in [0.717, 1.165) is 35.4 Å². The number of hydrogen-bond donors (Lipinski definition) is 0. The van der Waals surface area contributed by atoms with Crippen molar-refractivity contribution < 1.29 is 54.6 Å². The second kappa shape index (κ2) is 8.62. The van der Waals surface area contributed by atoms with Crippen LogP contribution in [0.1, 0.15) is 31.4 Å². The van der Waals surface area contributed by atoms with Gasteiger partial charge in [0.05, 0.1) is 0 Å². The zero-order valence-corrected chi connectivity index (χ0v) is 18.4. The maximum atomic E-state index is 13.4. The quantitative estimate of drug-likeness (QED) is 0.398. The Labute approximate surface area is 178 Å². The van der Waals surface area contributed by atoms with Gasteiger partial charge in [-0.1, -0.05) is 0 Å². The van der Waals surface area contributed by atoms with Gasteiger partial charge in [-0.25, -0.2) is 0 Å². The molecule has 0 aliphatic heterocycles. The van der Waals surface area contributed by atoms with Crippen LogP contribution in [0.5, 0.6) is 11.5 Å². The molecule has 3 rings (SSSR count). The van der Waals surface area contributed by atoms with Gasteiger partial charge in [-0.2, -0.15) is 0 Å². The van der Waals surface area contributed by atoms with Crippen molar-refractivity contribution in [2.75, 3.05) is 0 Å². The van der Waals surface area contributed by atoms with Gasteiger partial charge in [-0.05, 0) is 0 Å². The van der Waals surface area contributed by atoms with Crippen molar-refractivity contribution in [3.8, 4) is 11.5 Å². The average molecular weight is 507 g/mol. The van der Waals surface area contributed by atoms with Crippen LogP contribution in [-0.4, -0.2) is 0 Å². The number of benzene rings is 2. The molecule has 0 atom stereocenters. The Bertz CT molecular complexity index is 932. The molecule has 0 N–H and O–H groups in total. The molecule has 30 heavy (non-hydrogen) atoms. The Morgan fingerprint density at radius 1 is 0.733 bits per heavy atom. The van der Waals surface area contributed by atoms with Crippen molar-refractivity contribution in [3.63, 3.8) is 0 Å². The van der Waals surface area contributed by atoms with Crippen LogP contribution < -0.4 is 5.63 Å². The Balaban J connectivity index is 2.06. The number of halogens is 6. The van der Waals surface area contributed by atoms with Gasteiger partial charge in [0.15, 0.2) is 0 Å². The summed E-state index contributed by atoms with van der Waals surface area (Å²) in [7, 11) is 0. The molecule has 0 spiro atoms. The summed E-state index contributed by atoms with van der Waals surface area (Å²) < 4.78 is 92.6. The number of hydrogen-bond acceptors (Lipinski definition) is 2. The van der Waals surface area contributed by atoms with E-state index in [1.54, 1.807) is 13.8 Å². The first-order valence-corrected chi connectivity index (χ1v) is 12.1. The number of rotatable bonds is 5. The van der Waals surface area contributed by atoms with Crippen LogP contribution >= 0.6 is 0 Å². The molecule has 1 aliphatic carbocycles. The van der Waals surface area contributed by atoms with Crippen LogP contribution in [0.25, 0.3) is 0 Å². The molecule has 9 heteroatoms. The van der Waals surface area contributed by atoms with Gasteiger partial charge < -0.3 is 0 Å². The van der Waals surface area contributed by atoms with E-state index in [2.05, 4.69) is 0 Å². The number of para-hydroxylation sites is 2. The molecule has 0 fully saturated rings. The van der Waals surface area contributed by atoms with Crippen molar-refractivity contribution in [1.29, 1.82) is 0 Å². The standard InChI is InChI=1S/2C7H5F3O.C7H9.Zr/c2*8-7(9,10)5-3-1-2-4-6(5)11;1-6-3-4-7(2)5-6;/h2*1-4,11H;3H,4H2,1-2H3;/q;;;+2/p-2. The molecular weight excluding hydrogens is 489 g/mol. The van der Waals surface area contributed by atoms with Gasteiger partial charge in [0, 0.05) is 0 Å². The Morgan fingerprint density at radius 3 is 1.53 bits per heavy atom. The maximum absolute atomic E-state index is 13.4. The third-order valence-electron chi connectivity index (χ3n) is 4.53. The molecule has 2 aromatic rings. The fourth-order valence-corrected chi connectivity index (χ4v) is 7.70. The molecule has 0 radical (unpaired) electrons. The normalized spacial score (nSPS) is 14.6. The summed E-state index contributed by atoms with van der Waals surface area (Å²) in [5.74, 6) is -0.882. The van der Waals surface area contributed by atoms with Gasteiger partial charge in [-0.15, -0.1) is 0 Å². The molecule has 2 aromatic carbocycles.